The summed E-state index contributed by atoms with van der Waals surface area (Å²) in [7, 11) is 0. The lowest BCUT2D eigenvalue weighted by Gasteiger charge is -2.10. The molecule has 158 valence electrons. The summed E-state index contributed by atoms with van der Waals surface area (Å²) in [4.78, 5) is 12.3. The first-order valence-electron chi connectivity index (χ1n) is 10.2. The number of hydrogen-bond acceptors (Lipinski definition) is 3. The first-order valence-corrected chi connectivity index (χ1v) is 11.0. The van der Waals surface area contributed by atoms with Gasteiger partial charge in [0.2, 0.25) is 5.91 Å². The fraction of sp³-hybridized carbons (Fsp3) is 0.115. The topological polar surface area (TPSA) is 70.2 Å². The highest BCUT2D eigenvalue weighted by Crippen LogP contribution is 2.26. The second-order valence-electron chi connectivity index (χ2n) is 7.47. The van der Waals surface area contributed by atoms with Gasteiger partial charge >= 0.3 is 0 Å². The van der Waals surface area contributed by atoms with Gasteiger partial charge in [-0.15, -0.1) is 0 Å². The smallest absolute Gasteiger partial charge is 0.244 e. The maximum absolute atomic E-state index is 12.3. The highest BCUT2D eigenvalue weighted by Gasteiger charge is 2.14. The maximum atomic E-state index is 12.3. The van der Waals surface area contributed by atoms with Crippen molar-refractivity contribution in [2.75, 3.05) is 0 Å². The molecule has 4 aromatic rings. The molecule has 0 radical (unpaired) electrons. The van der Waals surface area contributed by atoms with Crippen LogP contribution >= 0.6 is 15.9 Å². The molecular formula is C26H21BrN4O. The summed E-state index contributed by atoms with van der Waals surface area (Å²) in [6.07, 6.45) is 1.96. The average Bonchev–Trinajstić information content (AvgIpc) is 3.07. The Morgan fingerprint density at radius 2 is 1.81 bits per heavy atom. The van der Waals surface area contributed by atoms with Gasteiger partial charge in [-0.05, 0) is 42.3 Å². The van der Waals surface area contributed by atoms with Crippen LogP contribution in [0.15, 0.2) is 82.4 Å². The molecule has 0 saturated carbocycles. The summed E-state index contributed by atoms with van der Waals surface area (Å²) in [5.74, 6) is -0.173. The molecule has 6 heteroatoms. The number of hydrazone groups is 1. The highest BCUT2D eigenvalue weighted by molar-refractivity contribution is 9.10. The van der Waals surface area contributed by atoms with E-state index in [0.717, 1.165) is 37.8 Å². The lowest BCUT2D eigenvalue weighted by Crippen LogP contribution is -2.19. The van der Waals surface area contributed by atoms with Gasteiger partial charge in [0, 0.05) is 33.2 Å². The maximum Gasteiger partial charge on any atom is 0.244 e. The Hall–Kier alpha value is -3.69. The van der Waals surface area contributed by atoms with E-state index in [-0.39, 0.29) is 12.3 Å². The molecule has 4 rings (SSSR count). The summed E-state index contributed by atoms with van der Waals surface area (Å²) in [6.45, 7) is 2.61. The molecule has 0 saturated heterocycles. The van der Waals surface area contributed by atoms with Crippen LogP contribution in [0, 0.1) is 18.3 Å². The Bertz CT molecular complexity index is 1350. The largest absolute Gasteiger partial charge is 0.340 e. The van der Waals surface area contributed by atoms with E-state index in [1.807, 2.05) is 73.7 Å². The van der Waals surface area contributed by atoms with Gasteiger partial charge in [-0.3, -0.25) is 4.79 Å². The number of nitrogens with one attached hydrogen (secondary N) is 1. The van der Waals surface area contributed by atoms with Gasteiger partial charge in [-0.1, -0.05) is 64.5 Å². The van der Waals surface area contributed by atoms with Crippen molar-refractivity contribution < 1.29 is 4.79 Å². The van der Waals surface area contributed by atoms with Gasteiger partial charge in [0.1, 0.15) is 0 Å². The molecule has 0 aliphatic heterocycles. The van der Waals surface area contributed by atoms with Crippen LogP contribution in [0.25, 0.3) is 10.9 Å². The van der Waals surface area contributed by atoms with Crippen LogP contribution in [0.1, 0.15) is 27.9 Å². The molecule has 0 unspecified atom stereocenters. The molecule has 0 aliphatic carbocycles. The first kappa shape index (κ1) is 21.5. The molecule has 0 aliphatic rings. The number of para-hydroxylation sites is 1. The third-order valence-corrected chi connectivity index (χ3v) is 5.94. The summed E-state index contributed by atoms with van der Waals surface area (Å²) >= 11 is 3.39. The zero-order valence-electron chi connectivity index (χ0n) is 17.5. The van der Waals surface area contributed by atoms with Crippen LogP contribution in [-0.4, -0.2) is 16.7 Å². The number of nitriles is 1. The molecule has 1 heterocycles. The van der Waals surface area contributed by atoms with Gasteiger partial charge in [0.05, 0.1) is 24.3 Å². The molecule has 1 amide bonds. The number of fused-ring (bicyclic) bond motifs is 1. The molecule has 32 heavy (non-hydrogen) atoms. The third kappa shape index (κ3) is 4.63. The van der Waals surface area contributed by atoms with Crippen molar-refractivity contribution in [3.63, 3.8) is 0 Å². The van der Waals surface area contributed by atoms with Crippen molar-refractivity contribution in [3.8, 4) is 6.07 Å². The number of aromatic nitrogens is 1. The lowest BCUT2D eigenvalue weighted by molar-refractivity contribution is -0.120. The van der Waals surface area contributed by atoms with Crippen LogP contribution in [0.5, 0.6) is 0 Å². The molecule has 0 bridgehead atoms. The van der Waals surface area contributed by atoms with Gasteiger partial charge < -0.3 is 4.57 Å². The number of carbonyl (C=O) groups excluding carboxylic acids is 1. The van der Waals surface area contributed by atoms with Gasteiger partial charge in [-0.25, -0.2) is 5.43 Å². The van der Waals surface area contributed by atoms with Gasteiger partial charge in [-0.2, -0.15) is 10.4 Å². The predicted molar refractivity (Wildman–Crippen MR) is 131 cm³/mol. The van der Waals surface area contributed by atoms with E-state index in [1.165, 1.54) is 0 Å². The predicted octanol–water partition coefficient (Wildman–Crippen LogP) is 5.33. The Balaban J connectivity index is 1.58. The van der Waals surface area contributed by atoms with E-state index in [0.29, 0.717) is 12.1 Å². The number of amides is 1. The monoisotopic (exact) mass is 484 g/mol. The second-order valence-corrected chi connectivity index (χ2v) is 8.38. The summed E-state index contributed by atoms with van der Waals surface area (Å²) < 4.78 is 3.15. The Labute approximate surface area is 195 Å². The number of nitrogens with zero attached hydrogens (tertiary/aromatic N) is 3. The summed E-state index contributed by atoms with van der Waals surface area (Å²) in [6, 6.07) is 25.6. The van der Waals surface area contributed by atoms with E-state index in [2.05, 4.69) is 43.2 Å². The van der Waals surface area contributed by atoms with Crippen molar-refractivity contribution in [1.29, 1.82) is 5.26 Å². The third-order valence-electron chi connectivity index (χ3n) is 5.41. The lowest BCUT2D eigenvalue weighted by atomic mass is 10.1. The van der Waals surface area contributed by atoms with Crippen molar-refractivity contribution >= 4 is 39.0 Å². The summed E-state index contributed by atoms with van der Waals surface area (Å²) in [5, 5.41) is 14.7. The minimum absolute atomic E-state index is 0.173. The Morgan fingerprint density at radius 1 is 1.09 bits per heavy atom. The molecule has 1 N–H and O–H groups in total. The first-order chi connectivity index (χ1) is 15.6. The fourth-order valence-corrected chi connectivity index (χ4v) is 4.02. The zero-order valence-corrected chi connectivity index (χ0v) is 19.1. The average molecular weight is 485 g/mol. The normalized spacial score (nSPS) is 11.0. The SMILES string of the molecule is Cc1c(/C=N\NC(=O)Cc2ccc(Br)cc2)c2ccccc2n1Cc1ccccc1C#N. The molecule has 0 spiro atoms. The van der Waals surface area contributed by atoms with E-state index in [4.69, 9.17) is 0 Å². The Morgan fingerprint density at radius 3 is 2.59 bits per heavy atom. The number of benzene rings is 3. The fourth-order valence-electron chi connectivity index (χ4n) is 3.76. The number of halogens is 1. The van der Waals surface area contributed by atoms with E-state index >= 15 is 0 Å². The van der Waals surface area contributed by atoms with E-state index in [1.54, 1.807) is 6.21 Å². The van der Waals surface area contributed by atoms with E-state index in [9.17, 15) is 10.1 Å². The number of hydrogen-bond donors (Lipinski definition) is 1. The van der Waals surface area contributed by atoms with Crippen LogP contribution < -0.4 is 5.43 Å². The van der Waals surface area contributed by atoms with Crippen molar-refractivity contribution in [1.82, 2.24) is 9.99 Å². The zero-order chi connectivity index (χ0) is 22.5. The molecule has 0 atom stereocenters. The highest BCUT2D eigenvalue weighted by atomic mass is 79.9. The molecular weight excluding hydrogens is 464 g/mol. The van der Waals surface area contributed by atoms with Crippen LogP contribution in [0.3, 0.4) is 0 Å². The summed E-state index contributed by atoms with van der Waals surface area (Å²) in [5.41, 5.74) is 8.20. The van der Waals surface area contributed by atoms with E-state index < -0.39 is 0 Å². The molecule has 0 fully saturated rings. The second kappa shape index (κ2) is 9.63. The van der Waals surface area contributed by atoms with Crippen molar-refractivity contribution in [2.24, 2.45) is 5.10 Å². The molecule has 1 aromatic heterocycles. The van der Waals surface area contributed by atoms with Crippen molar-refractivity contribution in [2.45, 2.75) is 19.9 Å². The van der Waals surface area contributed by atoms with Crippen LogP contribution in [0.2, 0.25) is 0 Å². The van der Waals surface area contributed by atoms with Crippen LogP contribution in [-0.2, 0) is 17.8 Å². The number of rotatable bonds is 6. The van der Waals surface area contributed by atoms with Gasteiger partial charge in [0.25, 0.3) is 0 Å². The Kier molecular flexibility index (Phi) is 6.48. The molecule has 3 aromatic carbocycles. The number of carbonyl (C=O) groups is 1. The molecule has 5 nitrogen and oxygen atoms in total. The standard InChI is InChI=1S/C26H21BrN4O/c1-18-24(16-29-30-26(32)14-19-10-12-22(27)13-11-19)23-8-4-5-9-25(23)31(18)17-21-7-3-2-6-20(21)15-28/h2-13,16H,14,17H2,1H3,(H,30,32)/b29-16-. The van der Waals surface area contributed by atoms with Crippen LogP contribution in [0.4, 0.5) is 0 Å². The van der Waals surface area contributed by atoms with Crippen molar-refractivity contribution in [3.05, 3.63) is 105 Å². The minimum atomic E-state index is -0.173. The quantitative estimate of drug-likeness (QED) is 0.297. The van der Waals surface area contributed by atoms with Gasteiger partial charge in [0.15, 0.2) is 0 Å². The minimum Gasteiger partial charge on any atom is -0.340 e.